The molecule has 3 saturated heterocycles. The third kappa shape index (κ3) is 2.64. The summed E-state index contributed by atoms with van der Waals surface area (Å²) >= 11 is 0. The molecule has 1 aromatic rings. The van der Waals surface area contributed by atoms with Gasteiger partial charge in [-0.2, -0.15) is 0 Å². The zero-order valence-electron chi connectivity index (χ0n) is 13.0. The maximum absolute atomic E-state index is 12.4. The van der Waals surface area contributed by atoms with Crippen LogP contribution in [0.5, 0.6) is 11.5 Å². The Balaban J connectivity index is 1.36. The highest BCUT2D eigenvalue weighted by Crippen LogP contribution is 2.32. The molecule has 2 N–H and O–H groups in total. The summed E-state index contributed by atoms with van der Waals surface area (Å²) < 4.78 is 10.6. The first-order valence-corrected chi connectivity index (χ1v) is 8.23. The molecule has 0 aliphatic carbocycles. The van der Waals surface area contributed by atoms with Crippen molar-refractivity contribution in [3.63, 3.8) is 0 Å². The molecular weight excluding hydrogens is 292 g/mol. The number of hydrogen-bond donors (Lipinski definition) is 2. The van der Waals surface area contributed by atoms with Crippen LogP contribution in [0.2, 0.25) is 0 Å². The topological polar surface area (TPSA) is 52.0 Å². The Morgan fingerprint density at radius 1 is 1.39 bits per heavy atom. The van der Waals surface area contributed by atoms with Crippen LogP contribution in [-0.2, 0) is 0 Å². The number of hydrogen-bond acceptors (Lipinski definition) is 3. The molecule has 0 aromatic heterocycles. The van der Waals surface area contributed by atoms with Crippen LogP contribution in [0.25, 0.3) is 0 Å². The number of fused-ring (bicyclic) bond motifs is 4. The minimum atomic E-state index is -0.0566. The average Bonchev–Trinajstić information content (AvgIpc) is 3.07. The molecule has 2 bridgehead atoms. The average molecular weight is 313 g/mol. The minimum Gasteiger partial charge on any atom is -0.454 e. The summed E-state index contributed by atoms with van der Waals surface area (Å²) in [7, 11) is 0. The highest BCUT2D eigenvalue weighted by Gasteiger charge is 2.42. The zero-order valence-corrected chi connectivity index (χ0v) is 13.0. The monoisotopic (exact) mass is 313 g/mol. The predicted molar refractivity (Wildman–Crippen MR) is 84.4 cm³/mol. The summed E-state index contributed by atoms with van der Waals surface area (Å²) in [5.41, 5.74) is 0.613. The van der Waals surface area contributed by atoms with Crippen LogP contribution in [0.3, 0.4) is 0 Å². The van der Waals surface area contributed by atoms with Crippen molar-refractivity contribution in [2.24, 2.45) is 11.8 Å². The fourth-order valence-corrected chi connectivity index (χ4v) is 4.09. The van der Waals surface area contributed by atoms with Gasteiger partial charge in [0.2, 0.25) is 6.79 Å². The van der Waals surface area contributed by atoms with Crippen molar-refractivity contribution in [1.29, 1.82) is 0 Å². The zero-order chi connectivity index (χ0) is 15.8. The molecule has 1 amide bonds. The third-order valence-electron chi connectivity index (χ3n) is 5.41. The van der Waals surface area contributed by atoms with E-state index in [1.54, 1.807) is 23.1 Å². The number of carbonyl (C=O) groups is 1. The van der Waals surface area contributed by atoms with Crippen LogP contribution in [0.1, 0.15) is 23.2 Å². The summed E-state index contributed by atoms with van der Waals surface area (Å²) in [6.07, 6.45) is 7.96. The van der Waals surface area contributed by atoms with Gasteiger partial charge in [-0.05, 0) is 24.1 Å². The second-order valence-corrected chi connectivity index (χ2v) is 6.64. The number of amides is 1. The summed E-state index contributed by atoms with van der Waals surface area (Å²) in [5.74, 6) is 5.26. The first-order chi connectivity index (χ1) is 11.2. The van der Waals surface area contributed by atoms with E-state index >= 15 is 0 Å². The maximum atomic E-state index is 12.4. The normalized spacial score (nSPS) is 30.7. The number of piperidine rings is 3. The van der Waals surface area contributed by atoms with Gasteiger partial charge in [0.25, 0.3) is 5.91 Å². The molecule has 0 spiro atoms. The predicted octanol–water partition coefficient (Wildman–Crippen LogP) is 0.0716. The first-order valence-electron chi connectivity index (χ1n) is 8.23. The van der Waals surface area contributed by atoms with E-state index in [4.69, 9.17) is 15.9 Å². The van der Waals surface area contributed by atoms with E-state index < -0.39 is 0 Å². The Labute approximate surface area is 135 Å². The van der Waals surface area contributed by atoms with Gasteiger partial charge in [0.15, 0.2) is 11.5 Å². The summed E-state index contributed by atoms with van der Waals surface area (Å²) in [6, 6.07) is 5.78. The van der Waals surface area contributed by atoms with Crippen molar-refractivity contribution in [3.8, 4) is 23.8 Å². The lowest BCUT2D eigenvalue weighted by molar-refractivity contribution is -0.943. The quantitative estimate of drug-likeness (QED) is 0.777. The number of quaternary nitrogens is 1. The lowest BCUT2D eigenvalue weighted by atomic mass is 9.76. The molecule has 4 aliphatic heterocycles. The number of nitrogens with one attached hydrogen (secondary N) is 2. The largest absolute Gasteiger partial charge is 0.454 e. The standard InChI is InChI=1S/C18H20N2O3/c1-2-12-10-20-6-5-13(12)7-15(20)9-19-18(21)14-3-4-16-17(8-14)23-11-22-16/h1,3-4,8,12-13,15H,5-7,9-11H2,(H,19,21)/p+1/t12-,13-,15+/m0/s1. The number of rotatable bonds is 3. The Hall–Kier alpha value is -2.19. The highest BCUT2D eigenvalue weighted by atomic mass is 16.7. The molecule has 23 heavy (non-hydrogen) atoms. The molecule has 4 atom stereocenters. The van der Waals surface area contributed by atoms with Crippen LogP contribution >= 0.6 is 0 Å². The maximum Gasteiger partial charge on any atom is 0.251 e. The van der Waals surface area contributed by atoms with E-state index in [1.165, 1.54) is 13.0 Å². The van der Waals surface area contributed by atoms with E-state index in [0.717, 1.165) is 13.0 Å². The van der Waals surface area contributed by atoms with Crippen molar-refractivity contribution in [1.82, 2.24) is 5.32 Å². The molecule has 4 heterocycles. The molecule has 5 rings (SSSR count). The molecule has 5 nitrogen and oxygen atoms in total. The van der Waals surface area contributed by atoms with Gasteiger partial charge in [0.1, 0.15) is 6.04 Å². The number of benzene rings is 1. The van der Waals surface area contributed by atoms with Gasteiger partial charge < -0.3 is 19.7 Å². The fourth-order valence-electron chi connectivity index (χ4n) is 4.09. The van der Waals surface area contributed by atoms with Gasteiger partial charge in [0.05, 0.1) is 25.6 Å². The van der Waals surface area contributed by atoms with Gasteiger partial charge in [0, 0.05) is 18.4 Å². The first kappa shape index (κ1) is 14.4. The molecule has 1 unspecified atom stereocenters. The Kier molecular flexibility index (Phi) is 3.62. The highest BCUT2D eigenvalue weighted by molar-refractivity contribution is 5.94. The summed E-state index contributed by atoms with van der Waals surface area (Å²) in [4.78, 5) is 13.9. The molecule has 0 radical (unpaired) electrons. The Bertz CT molecular complexity index is 667. The molecule has 3 fully saturated rings. The summed E-state index contributed by atoms with van der Waals surface area (Å²) in [6.45, 7) is 3.15. The number of carbonyl (C=O) groups excluding carboxylic acids is 1. The lowest BCUT2D eigenvalue weighted by Gasteiger charge is -2.45. The Morgan fingerprint density at radius 2 is 2.26 bits per heavy atom. The van der Waals surface area contributed by atoms with Crippen molar-refractivity contribution in [2.75, 3.05) is 26.4 Å². The molecule has 1 aromatic carbocycles. The molecular formula is C18H21N2O3+. The van der Waals surface area contributed by atoms with Crippen molar-refractivity contribution in [2.45, 2.75) is 18.9 Å². The van der Waals surface area contributed by atoms with Gasteiger partial charge in [-0.25, -0.2) is 0 Å². The smallest absolute Gasteiger partial charge is 0.251 e. The van der Waals surface area contributed by atoms with Gasteiger partial charge in [-0.1, -0.05) is 5.92 Å². The van der Waals surface area contributed by atoms with E-state index in [9.17, 15) is 4.79 Å². The third-order valence-corrected chi connectivity index (χ3v) is 5.41. The van der Waals surface area contributed by atoms with Crippen LogP contribution < -0.4 is 19.7 Å². The van der Waals surface area contributed by atoms with E-state index in [0.29, 0.717) is 41.5 Å². The lowest BCUT2D eigenvalue weighted by Crippen LogP contribution is -3.20. The second-order valence-electron chi connectivity index (χ2n) is 6.64. The van der Waals surface area contributed by atoms with E-state index in [2.05, 4.69) is 11.2 Å². The summed E-state index contributed by atoms with van der Waals surface area (Å²) in [5, 5.41) is 3.07. The van der Waals surface area contributed by atoms with Gasteiger partial charge in [-0.15, -0.1) is 6.42 Å². The second kappa shape index (κ2) is 5.78. The Morgan fingerprint density at radius 3 is 3.04 bits per heavy atom. The van der Waals surface area contributed by atoms with Crippen molar-refractivity contribution in [3.05, 3.63) is 23.8 Å². The van der Waals surface area contributed by atoms with E-state index in [1.807, 2.05) is 0 Å². The van der Waals surface area contributed by atoms with Crippen LogP contribution in [-0.4, -0.2) is 38.4 Å². The molecule has 120 valence electrons. The van der Waals surface area contributed by atoms with Crippen molar-refractivity contribution < 1.29 is 19.2 Å². The van der Waals surface area contributed by atoms with Crippen LogP contribution in [0.15, 0.2) is 18.2 Å². The van der Waals surface area contributed by atoms with Crippen LogP contribution in [0, 0.1) is 24.2 Å². The van der Waals surface area contributed by atoms with Crippen LogP contribution in [0.4, 0.5) is 0 Å². The fraction of sp³-hybridized carbons (Fsp3) is 0.500. The molecule has 0 saturated carbocycles. The molecule has 4 aliphatic rings. The minimum absolute atomic E-state index is 0.0566. The van der Waals surface area contributed by atoms with Gasteiger partial charge in [-0.3, -0.25) is 4.79 Å². The van der Waals surface area contributed by atoms with Gasteiger partial charge >= 0.3 is 0 Å². The van der Waals surface area contributed by atoms with E-state index in [-0.39, 0.29) is 12.7 Å². The molecule has 5 heteroatoms. The SMILES string of the molecule is C#C[C@H]1C[NH+]2CC[C@H]1C[C@@H]2CNC(=O)c1ccc2c(c1)OCO2. The number of terminal acetylenes is 1. The number of ether oxygens (including phenoxy) is 2. The van der Waals surface area contributed by atoms with Crippen molar-refractivity contribution >= 4 is 5.91 Å².